The van der Waals surface area contributed by atoms with E-state index >= 15 is 0 Å². The molecule has 0 fully saturated rings. The largest absolute Gasteiger partial charge is 0.268 e. The van der Waals surface area contributed by atoms with Gasteiger partial charge in [-0.2, -0.15) is 0 Å². The lowest BCUT2D eigenvalue weighted by Crippen LogP contribution is -2.14. The van der Waals surface area contributed by atoms with Crippen molar-refractivity contribution in [1.82, 2.24) is 3.97 Å². The van der Waals surface area contributed by atoms with Gasteiger partial charge in [0.15, 0.2) is 0 Å². The normalized spacial score (nSPS) is 12.6. The summed E-state index contributed by atoms with van der Waals surface area (Å²) in [7, 11) is -2.29. The van der Waals surface area contributed by atoms with Gasteiger partial charge in [0.2, 0.25) is 0 Å². The van der Waals surface area contributed by atoms with E-state index in [0.717, 1.165) is 0 Å². The molecular weight excluding hydrogens is 370 g/mol. The number of fused-ring (bicyclic) bond motifs is 1. The Kier molecular flexibility index (Phi) is 3.98. The summed E-state index contributed by atoms with van der Waals surface area (Å²) < 4.78 is 50.3. The van der Waals surface area contributed by atoms with Gasteiger partial charge in [-0.05, 0) is 49.7 Å². The van der Waals surface area contributed by atoms with Crippen molar-refractivity contribution >= 4 is 40.7 Å². The van der Waals surface area contributed by atoms with Crippen molar-refractivity contribution in [1.29, 1.82) is 0 Å². The molecular formula is C16H14ClNO4S2. The zero-order valence-corrected chi connectivity index (χ0v) is 15.3. The van der Waals surface area contributed by atoms with Gasteiger partial charge in [0.05, 0.1) is 15.3 Å². The summed E-state index contributed by atoms with van der Waals surface area (Å²) in [6, 6.07) is 12.3. The van der Waals surface area contributed by atoms with Gasteiger partial charge in [-0.25, -0.2) is 20.8 Å². The minimum absolute atomic E-state index is 0.0611. The average molecular weight is 384 g/mol. The number of halogens is 1. The predicted octanol–water partition coefficient (Wildman–Crippen LogP) is 3.42. The highest BCUT2D eigenvalue weighted by Crippen LogP contribution is 2.31. The third-order valence-corrected chi connectivity index (χ3v) is 7.17. The zero-order valence-electron chi connectivity index (χ0n) is 12.9. The number of hydrogen-bond acceptors (Lipinski definition) is 4. The molecule has 3 rings (SSSR count). The molecule has 0 aliphatic heterocycles. The van der Waals surface area contributed by atoms with E-state index in [1.807, 2.05) is 0 Å². The van der Waals surface area contributed by atoms with Gasteiger partial charge in [-0.15, -0.1) is 0 Å². The van der Waals surface area contributed by atoms with E-state index in [2.05, 4.69) is 0 Å². The molecule has 0 N–H and O–H groups in total. The molecule has 0 atom stereocenters. The molecule has 0 aliphatic rings. The minimum atomic E-state index is -3.89. The molecule has 0 saturated carbocycles. The molecule has 5 nitrogen and oxygen atoms in total. The van der Waals surface area contributed by atoms with Crippen LogP contribution in [0.2, 0.25) is 0 Å². The molecule has 0 unspecified atom stereocenters. The van der Waals surface area contributed by atoms with E-state index in [1.54, 1.807) is 32.0 Å². The lowest BCUT2D eigenvalue weighted by atomic mass is 10.1. The molecule has 126 valence electrons. The molecule has 0 bridgehead atoms. The maximum Gasteiger partial charge on any atom is 0.268 e. The fourth-order valence-corrected chi connectivity index (χ4v) is 5.08. The zero-order chi connectivity index (χ0) is 17.7. The SMILES string of the molecule is Cc1c(C)n(S(=O)(=O)c2ccccc2)c2ccc(S(=O)(=O)Cl)cc12. The number of rotatable bonds is 3. The second kappa shape index (κ2) is 5.61. The number of aromatic nitrogens is 1. The van der Waals surface area contributed by atoms with Crippen LogP contribution in [-0.2, 0) is 19.1 Å². The van der Waals surface area contributed by atoms with Crippen molar-refractivity contribution in [2.24, 2.45) is 0 Å². The predicted molar refractivity (Wildman–Crippen MR) is 93.5 cm³/mol. The first-order valence-electron chi connectivity index (χ1n) is 7.01. The summed E-state index contributed by atoms with van der Waals surface area (Å²) >= 11 is 0. The summed E-state index contributed by atoms with van der Waals surface area (Å²) in [4.78, 5) is 0.105. The molecule has 2 aromatic carbocycles. The third kappa shape index (κ3) is 2.62. The lowest BCUT2D eigenvalue weighted by Gasteiger charge is -2.10. The first-order chi connectivity index (χ1) is 11.1. The Balaban J connectivity index is 2.37. The third-order valence-electron chi connectivity index (χ3n) is 4.00. The summed E-state index contributed by atoms with van der Waals surface area (Å²) in [6.45, 7) is 3.43. The van der Waals surface area contributed by atoms with Crippen LogP contribution in [0.4, 0.5) is 0 Å². The van der Waals surface area contributed by atoms with Crippen LogP contribution in [0.1, 0.15) is 11.3 Å². The fourth-order valence-electron chi connectivity index (χ4n) is 2.68. The summed E-state index contributed by atoms with van der Waals surface area (Å²) in [5.74, 6) is 0. The summed E-state index contributed by atoms with van der Waals surface area (Å²) in [5.41, 5.74) is 1.63. The van der Waals surface area contributed by atoms with Gasteiger partial charge >= 0.3 is 0 Å². The molecule has 1 aromatic heterocycles. The molecule has 24 heavy (non-hydrogen) atoms. The van der Waals surface area contributed by atoms with E-state index < -0.39 is 19.1 Å². The second-order valence-corrected chi connectivity index (χ2v) is 9.76. The van der Waals surface area contributed by atoms with Crippen LogP contribution in [0.25, 0.3) is 10.9 Å². The van der Waals surface area contributed by atoms with Crippen LogP contribution in [0.5, 0.6) is 0 Å². The van der Waals surface area contributed by atoms with Crippen molar-refractivity contribution in [2.75, 3.05) is 0 Å². The Labute approximate surface area is 145 Å². The van der Waals surface area contributed by atoms with Crippen LogP contribution in [0.15, 0.2) is 58.3 Å². The van der Waals surface area contributed by atoms with E-state index in [-0.39, 0.29) is 9.79 Å². The quantitative estimate of drug-likeness (QED) is 0.649. The van der Waals surface area contributed by atoms with Gasteiger partial charge in [-0.1, -0.05) is 18.2 Å². The van der Waals surface area contributed by atoms with E-state index in [4.69, 9.17) is 10.7 Å². The van der Waals surface area contributed by atoms with Crippen molar-refractivity contribution in [3.8, 4) is 0 Å². The van der Waals surface area contributed by atoms with E-state index in [0.29, 0.717) is 22.2 Å². The molecule has 0 radical (unpaired) electrons. The first kappa shape index (κ1) is 17.0. The highest BCUT2D eigenvalue weighted by molar-refractivity contribution is 8.13. The highest BCUT2D eigenvalue weighted by Gasteiger charge is 2.24. The average Bonchev–Trinajstić information content (AvgIpc) is 2.79. The lowest BCUT2D eigenvalue weighted by molar-refractivity contribution is 0.588. The topological polar surface area (TPSA) is 73.2 Å². The Morgan fingerprint density at radius 1 is 0.875 bits per heavy atom. The maximum absolute atomic E-state index is 13.0. The smallest absolute Gasteiger partial charge is 0.238 e. The summed E-state index contributed by atoms with van der Waals surface area (Å²) in [5, 5.41) is 0.536. The van der Waals surface area contributed by atoms with Crippen LogP contribution in [0, 0.1) is 13.8 Å². The van der Waals surface area contributed by atoms with Gasteiger partial charge in [0.1, 0.15) is 0 Å². The molecule has 3 aromatic rings. The monoisotopic (exact) mass is 383 g/mol. The number of hydrogen-bond donors (Lipinski definition) is 0. The number of aryl methyl sites for hydroxylation is 1. The Bertz CT molecular complexity index is 1150. The van der Waals surface area contributed by atoms with Gasteiger partial charge in [0.25, 0.3) is 19.1 Å². The van der Waals surface area contributed by atoms with Gasteiger partial charge < -0.3 is 0 Å². The molecule has 0 saturated heterocycles. The Morgan fingerprint density at radius 2 is 1.50 bits per heavy atom. The molecule has 0 aliphatic carbocycles. The van der Waals surface area contributed by atoms with Crippen LogP contribution in [-0.4, -0.2) is 20.8 Å². The van der Waals surface area contributed by atoms with Crippen molar-refractivity contribution in [3.05, 3.63) is 59.8 Å². The number of benzene rings is 2. The van der Waals surface area contributed by atoms with Crippen molar-refractivity contribution in [2.45, 2.75) is 23.6 Å². The standard InChI is InChI=1S/C16H14ClNO4S2/c1-11-12(2)18(24(21,22)13-6-4-3-5-7-13)16-9-8-14(10-15(11)16)23(17,19)20/h3-10H,1-2H3. The van der Waals surface area contributed by atoms with Crippen LogP contribution in [0.3, 0.4) is 0 Å². The highest BCUT2D eigenvalue weighted by atomic mass is 35.7. The molecule has 8 heteroatoms. The molecule has 0 spiro atoms. The van der Waals surface area contributed by atoms with Crippen LogP contribution >= 0.6 is 10.7 Å². The Morgan fingerprint density at radius 3 is 2.08 bits per heavy atom. The summed E-state index contributed by atoms with van der Waals surface area (Å²) in [6.07, 6.45) is 0. The number of nitrogens with zero attached hydrogens (tertiary/aromatic N) is 1. The van der Waals surface area contributed by atoms with Crippen molar-refractivity contribution in [3.63, 3.8) is 0 Å². The minimum Gasteiger partial charge on any atom is -0.238 e. The van der Waals surface area contributed by atoms with E-state index in [1.165, 1.54) is 34.3 Å². The second-order valence-electron chi connectivity index (χ2n) is 5.41. The van der Waals surface area contributed by atoms with Crippen molar-refractivity contribution < 1.29 is 16.8 Å². The van der Waals surface area contributed by atoms with Gasteiger partial charge in [0, 0.05) is 21.8 Å². The van der Waals surface area contributed by atoms with Gasteiger partial charge in [-0.3, -0.25) is 0 Å². The molecule has 0 amide bonds. The van der Waals surface area contributed by atoms with Crippen LogP contribution < -0.4 is 0 Å². The van der Waals surface area contributed by atoms with E-state index in [9.17, 15) is 16.8 Å². The Hall–Kier alpha value is -1.83. The fraction of sp³-hybridized carbons (Fsp3) is 0.125. The molecule has 1 heterocycles. The maximum atomic E-state index is 13.0. The first-order valence-corrected chi connectivity index (χ1v) is 10.8.